The molecule has 0 spiro atoms. The third kappa shape index (κ3) is 4.30. The van der Waals surface area contributed by atoms with Crippen molar-refractivity contribution in [3.63, 3.8) is 0 Å². The van der Waals surface area contributed by atoms with Gasteiger partial charge in [0, 0.05) is 30.3 Å². The molecule has 6 heteroatoms. The van der Waals surface area contributed by atoms with Gasteiger partial charge < -0.3 is 14.8 Å². The number of benzene rings is 3. The predicted octanol–water partition coefficient (Wildman–Crippen LogP) is 3.63. The van der Waals surface area contributed by atoms with Crippen molar-refractivity contribution in [2.75, 3.05) is 25.7 Å². The van der Waals surface area contributed by atoms with E-state index in [4.69, 9.17) is 9.47 Å². The van der Waals surface area contributed by atoms with Crippen molar-refractivity contribution in [2.24, 2.45) is 0 Å². The van der Waals surface area contributed by atoms with E-state index in [0.29, 0.717) is 36.4 Å². The number of ether oxygens (including phenoxy) is 2. The molecular weight excluding hydrogens is 404 g/mol. The number of hydrogen-bond acceptors (Lipinski definition) is 4. The molecule has 6 nitrogen and oxygen atoms in total. The molecule has 0 aromatic heterocycles. The lowest BCUT2D eigenvalue weighted by Gasteiger charge is -2.25. The average molecular weight is 431 g/mol. The maximum Gasteiger partial charge on any atom is 0.259 e. The molecule has 1 aliphatic rings. The Balaban J connectivity index is 1.48. The summed E-state index contributed by atoms with van der Waals surface area (Å²) < 4.78 is 10.7. The molecule has 0 bridgehead atoms. The van der Waals surface area contributed by atoms with Gasteiger partial charge in [-0.25, -0.2) is 0 Å². The number of rotatable bonds is 7. The van der Waals surface area contributed by atoms with E-state index in [2.05, 4.69) is 5.32 Å². The van der Waals surface area contributed by atoms with Crippen LogP contribution in [-0.4, -0.2) is 38.6 Å². The molecule has 0 saturated carbocycles. The van der Waals surface area contributed by atoms with Crippen LogP contribution >= 0.6 is 0 Å². The van der Waals surface area contributed by atoms with Crippen LogP contribution in [0.2, 0.25) is 0 Å². The maximum absolute atomic E-state index is 13.3. The average Bonchev–Trinajstić information content (AvgIpc) is 3.24. The molecule has 0 unspecified atom stereocenters. The summed E-state index contributed by atoms with van der Waals surface area (Å²) in [6.07, 6.45) is 1.09. The highest BCUT2D eigenvalue weighted by molar-refractivity contribution is 6.11. The minimum Gasteiger partial charge on any atom is -0.497 e. The summed E-state index contributed by atoms with van der Waals surface area (Å²) in [5.41, 5.74) is 3.32. The van der Waals surface area contributed by atoms with E-state index in [9.17, 15) is 9.59 Å². The number of nitrogens with zero attached hydrogens (tertiary/aromatic N) is 1. The minimum absolute atomic E-state index is 0.169. The lowest BCUT2D eigenvalue weighted by Crippen LogP contribution is -2.48. The van der Waals surface area contributed by atoms with E-state index in [1.54, 1.807) is 31.3 Å². The predicted molar refractivity (Wildman–Crippen MR) is 123 cm³/mol. The van der Waals surface area contributed by atoms with Crippen molar-refractivity contribution < 1.29 is 19.1 Å². The van der Waals surface area contributed by atoms with Gasteiger partial charge in [0.2, 0.25) is 5.91 Å². The van der Waals surface area contributed by atoms with Crippen molar-refractivity contribution in [1.82, 2.24) is 5.32 Å². The molecule has 1 atom stereocenters. The first-order chi connectivity index (χ1) is 15.6. The number of anilines is 1. The smallest absolute Gasteiger partial charge is 0.259 e. The van der Waals surface area contributed by atoms with Crippen LogP contribution in [0.5, 0.6) is 11.5 Å². The molecule has 2 amide bonds. The van der Waals surface area contributed by atoms with Crippen LogP contribution in [-0.2, 0) is 17.6 Å². The van der Waals surface area contributed by atoms with E-state index >= 15 is 0 Å². The molecule has 0 aliphatic carbocycles. The van der Waals surface area contributed by atoms with Crippen LogP contribution in [0, 0.1) is 0 Å². The monoisotopic (exact) mass is 430 g/mol. The van der Waals surface area contributed by atoms with E-state index in [1.165, 1.54) is 0 Å². The molecule has 164 valence electrons. The Morgan fingerprint density at radius 3 is 2.47 bits per heavy atom. The van der Waals surface area contributed by atoms with Crippen LogP contribution in [0.15, 0.2) is 72.8 Å². The number of amides is 2. The highest BCUT2D eigenvalue weighted by atomic mass is 16.5. The molecule has 32 heavy (non-hydrogen) atoms. The summed E-state index contributed by atoms with van der Waals surface area (Å²) in [4.78, 5) is 28.0. The molecule has 4 rings (SSSR count). The molecule has 0 saturated heterocycles. The minimum atomic E-state index is -0.585. The Hall–Kier alpha value is -3.80. The van der Waals surface area contributed by atoms with Gasteiger partial charge in [0.15, 0.2) is 0 Å². The number of nitrogens with one attached hydrogen (secondary N) is 1. The van der Waals surface area contributed by atoms with E-state index in [0.717, 1.165) is 16.8 Å². The lowest BCUT2D eigenvalue weighted by molar-refractivity contribution is -0.122. The van der Waals surface area contributed by atoms with Gasteiger partial charge in [-0.05, 0) is 41.8 Å². The van der Waals surface area contributed by atoms with Gasteiger partial charge in [-0.3, -0.25) is 14.5 Å². The molecule has 1 N–H and O–H groups in total. The second kappa shape index (κ2) is 9.56. The van der Waals surface area contributed by atoms with Crippen LogP contribution in [0.25, 0.3) is 0 Å². The van der Waals surface area contributed by atoms with Crippen molar-refractivity contribution >= 4 is 17.5 Å². The third-order valence-electron chi connectivity index (χ3n) is 5.71. The molecule has 0 fully saturated rings. The molecule has 3 aromatic carbocycles. The van der Waals surface area contributed by atoms with Crippen molar-refractivity contribution in [3.05, 3.63) is 89.5 Å². The summed E-state index contributed by atoms with van der Waals surface area (Å²) in [6, 6.07) is 21.8. The second-order valence-corrected chi connectivity index (χ2v) is 7.61. The molecule has 0 radical (unpaired) electrons. The van der Waals surface area contributed by atoms with Gasteiger partial charge in [0.05, 0.1) is 14.2 Å². The topological polar surface area (TPSA) is 67.9 Å². The summed E-state index contributed by atoms with van der Waals surface area (Å²) in [6.45, 7) is 0.432. The second-order valence-electron chi connectivity index (χ2n) is 7.61. The summed E-state index contributed by atoms with van der Waals surface area (Å²) in [5.74, 6) is 1.09. The van der Waals surface area contributed by atoms with Crippen molar-refractivity contribution in [1.29, 1.82) is 0 Å². The van der Waals surface area contributed by atoms with Gasteiger partial charge in [-0.1, -0.05) is 42.5 Å². The first-order valence-corrected chi connectivity index (χ1v) is 10.6. The van der Waals surface area contributed by atoms with Gasteiger partial charge in [0.25, 0.3) is 5.91 Å². The SMILES string of the molecule is COc1ccc(CCNC(=O)[C@@H]2Cc3ccccc3N2C(=O)c2ccccc2)c(OC)c1. The Labute approximate surface area is 187 Å². The lowest BCUT2D eigenvalue weighted by atomic mass is 10.1. The highest BCUT2D eigenvalue weighted by Gasteiger charge is 2.38. The Morgan fingerprint density at radius 2 is 1.72 bits per heavy atom. The fourth-order valence-electron chi connectivity index (χ4n) is 4.06. The first-order valence-electron chi connectivity index (χ1n) is 10.6. The van der Waals surface area contributed by atoms with Gasteiger partial charge in [-0.2, -0.15) is 0 Å². The highest BCUT2D eigenvalue weighted by Crippen LogP contribution is 2.33. The normalized spacial score (nSPS) is 14.6. The zero-order valence-electron chi connectivity index (χ0n) is 18.2. The van der Waals surface area contributed by atoms with Crippen LogP contribution < -0.4 is 19.7 Å². The molecule has 3 aromatic rings. The zero-order chi connectivity index (χ0) is 22.5. The largest absolute Gasteiger partial charge is 0.497 e. The van der Waals surface area contributed by atoms with Crippen LogP contribution in [0.4, 0.5) is 5.69 Å². The van der Waals surface area contributed by atoms with Crippen molar-refractivity contribution in [2.45, 2.75) is 18.9 Å². The van der Waals surface area contributed by atoms with Crippen LogP contribution in [0.3, 0.4) is 0 Å². The molecular formula is C26H26N2O4. The fourth-order valence-corrected chi connectivity index (χ4v) is 4.06. The zero-order valence-corrected chi connectivity index (χ0v) is 18.2. The van der Waals surface area contributed by atoms with E-state index < -0.39 is 6.04 Å². The third-order valence-corrected chi connectivity index (χ3v) is 5.71. The molecule has 1 heterocycles. The number of para-hydroxylation sites is 1. The fraction of sp³-hybridized carbons (Fsp3) is 0.231. The quantitative estimate of drug-likeness (QED) is 0.622. The standard InChI is InChI=1S/C26H26N2O4/c1-31-21-13-12-18(24(17-21)32-2)14-15-27-25(29)23-16-20-10-6-7-11-22(20)28(23)26(30)19-8-4-3-5-9-19/h3-13,17,23H,14-16H2,1-2H3,(H,27,29)/t23-/m0/s1. The van der Waals surface area contributed by atoms with Gasteiger partial charge in [0.1, 0.15) is 17.5 Å². The number of carbonyl (C=O) groups excluding carboxylic acids is 2. The maximum atomic E-state index is 13.3. The first kappa shape index (κ1) is 21.4. The van der Waals surface area contributed by atoms with E-state index in [-0.39, 0.29) is 11.8 Å². The molecule has 1 aliphatic heterocycles. The number of methoxy groups -OCH3 is 2. The van der Waals surface area contributed by atoms with Gasteiger partial charge >= 0.3 is 0 Å². The number of fused-ring (bicyclic) bond motifs is 1. The van der Waals surface area contributed by atoms with Crippen LogP contribution in [0.1, 0.15) is 21.5 Å². The van der Waals surface area contributed by atoms with E-state index in [1.807, 2.05) is 60.7 Å². The Morgan fingerprint density at radius 1 is 0.969 bits per heavy atom. The number of hydrogen-bond donors (Lipinski definition) is 1. The summed E-state index contributed by atoms with van der Waals surface area (Å²) in [5, 5.41) is 3.00. The Kier molecular flexibility index (Phi) is 6.40. The Bertz CT molecular complexity index is 1110. The van der Waals surface area contributed by atoms with Gasteiger partial charge in [-0.15, -0.1) is 0 Å². The van der Waals surface area contributed by atoms with Crippen molar-refractivity contribution in [3.8, 4) is 11.5 Å². The summed E-state index contributed by atoms with van der Waals surface area (Å²) >= 11 is 0. The summed E-state index contributed by atoms with van der Waals surface area (Å²) in [7, 11) is 3.22. The number of carbonyl (C=O) groups is 2.